The maximum absolute atomic E-state index is 16.2. The Morgan fingerprint density at radius 1 is 0.485 bits per heavy atom. The second-order valence-corrected chi connectivity index (χ2v) is 16.2. The summed E-state index contributed by atoms with van der Waals surface area (Å²) in [6.45, 7) is 4.79. The van der Waals surface area contributed by atoms with E-state index in [1.807, 2.05) is 0 Å². The van der Waals surface area contributed by atoms with Gasteiger partial charge in [-0.25, -0.2) is 27.2 Å². The van der Waals surface area contributed by atoms with E-state index in [1.54, 1.807) is 0 Å². The van der Waals surface area contributed by atoms with Crippen molar-refractivity contribution in [2.24, 2.45) is 17.8 Å². The molecule has 0 bridgehead atoms. The molecule has 0 aromatic rings. The van der Waals surface area contributed by atoms with E-state index in [9.17, 15) is 119 Å². The van der Waals surface area contributed by atoms with Gasteiger partial charge in [-0.1, -0.05) is 13.2 Å². The van der Waals surface area contributed by atoms with E-state index >= 15 is 13.2 Å². The van der Waals surface area contributed by atoms with Crippen molar-refractivity contribution in [1.29, 1.82) is 0 Å². The molecule has 0 spiro atoms. The average molecular weight is 1070 g/mol. The second kappa shape index (κ2) is 21.0. The van der Waals surface area contributed by atoms with E-state index in [-0.39, 0.29) is 11.8 Å². The third kappa shape index (κ3) is 13.9. The van der Waals surface area contributed by atoms with Crippen LogP contribution in [-0.2, 0) is 19.1 Å². The Hall–Kier alpha value is -2.84. The first-order valence-corrected chi connectivity index (χ1v) is 19.3. The summed E-state index contributed by atoms with van der Waals surface area (Å²) in [4.78, 5) is 24.0. The number of carbonyl (C=O) groups excluding carboxylic acids is 2. The molecule has 0 fully saturated rings. The number of hydrogen-bond acceptors (Lipinski definition) is 6. The Kier molecular flexibility index (Phi) is 20.1. The average Bonchev–Trinajstić information content (AvgIpc) is 3.07. The van der Waals surface area contributed by atoms with Crippen LogP contribution in [0.4, 0.5) is 123 Å². The van der Waals surface area contributed by atoms with Crippen molar-refractivity contribution in [3.8, 4) is 0 Å². The summed E-state index contributed by atoms with van der Waals surface area (Å²) in [7, 11) is 0. The lowest BCUT2D eigenvalue weighted by atomic mass is 9.62. The largest absolute Gasteiger partial charge is 0.462 e. The molecular formula is C32H30F28O4S2. The minimum atomic E-state index is -8.17. The summed E-state index contributed by atoms with van der Waals surface area (Å²) in [5, 5.41) is 0. The van der Waals surface area contributed by atoms with Crippen LogP contribution in [0.1, 0.15) is 33.1 Å². The fourth-order valence-corrected chi connectivity index (χ4v) is 8.14. The number of hydrogen-bond donors (Lipinski definition) is 0. The van der Waals surface area contributed by atoms with Crippen molar-refractivity contribution in [1.82, 2.24) is 0 Å². The van der Waals surface area contributed by atoms with Crippen LogP contribution in [-0.4, -0.2) is 120 Å². The number of thioether (sulfide) groups is 2. The molecule has 390 valence electrons. The first-order valence-electron chi connectivity index (χ1n) is 17.0. The summed E-state index contributed by atoms with van der Waals surface area (Å²) in [6, 6.07) is 0. The molecule has 4 nitrogen and oxygen atoms in total. The van der Waals surface area contributed by atoms with Crippen LogP contribution in [0, 0.1) is 17.8 Å². The molecule has 0 saturated carbocycles. The first-order chi connectivity index (χ1) is 28.8. The van der Waals surface area contributed by atoms with E-state index in [0.717, 1.165) is 0 Å². The summed E-state index contributed by atoms with van der Waals surface area (Å²) in [6.07, 6.45) is -73.4. The maximum atomic E-state index is 16.2. The van der Waals surface area contributed by atoms with Gasteiger partial charge in [0.1, 0.15) is 6.10 Å². The summed E-state index contributed by atoms with van der Waals surface area (Å²) in [5.74, 6) is -28.6. The van der Waals surface area contributed by atoms with Crippen LogP contribution >= 0.6 is 23.5 Å². The third-order valence-electron chi connectivity index (χ3n) is 9.09. The molecule has 0 heterocycles. The van der Waals surface area contributed by atoms with E-state index in [1.165, 1.54) is 0 Å². The van der Waals surface area contributed by atoms with Gasteiger partial charge in [-0.2, -0.15) is 129 Å². The first kappa shape index (κ1) is 63.2. The summed E-state index contributed by atoms with van der Waals surface area (Å²) >= 11 is -1.49. The fourth-order valence-electron chi connectivity index (χ4n) is 5.67. The number of ether oxygens (including phenoxy) is 2. The quantitative estimate of drug-likeness (QED) is 0.0494. The van der Waals surface area contributed by atoms with E-state index in [4.69, 9.17) is 0 Å². The highest BCUT2D eigenvalue weighted by Gasteiger charge is 2.85. The van der Waals surface area contributed by atoms with E-state index in [0.29, 0.717) is 13.8 Å². The van der Waals surface area contributed by atoms with Gasteiger partial charge in [0.15, 0.2) is 0 Å². The molecule has 34 heteroatoms. The zero-order valence-electron chi connectivity index (χ0n) is 32.4. The monoisotopic (exact) mass is 1070 g/mol. The molecule has 0 aromatic carbocycles. The van der Waals surface area contributed by atoms with Gasteiger partial charge in [0, 0.05) is 53.1 Å². The minimum Gasteiger partial charge on any atom is -0.462 e. The highest BCUT2D eigenvalue weighted by molar-refractivity contribution is 8.00. The molecule has 0 radical (unpaired) electrons. The molecule has 0 aliphatic carbocycles. The Morgan fingerprint density at radius 3 is 1.18 bits per heavy atom. The number of carbonyl (C=O) groups is 2. The van der Waals surface area contributed by atoms with Gasteiger partial charge in [-0.05, 0) is 31.9 Å². The van der Waals surface area contributed by atoms with Crippen molar-refractivity contribution in [3.05, 3.63) is 24.3 Å². The number of rotatable bonds is 21. The lowest BCUT2D eigenvalue weighted by Gasteiger charge is -2.49. The second-order valence-electron chi connectivity index (χ2n) is 14.0. The zero-order valence-corrected chi connectivity index (χ0v) is 34.0. The lowest BCUT2D eigenvalue weighted by Crippen LogP contribution is -2.69. The molecule has 0 N–H and O–H groups in total. The van der Waals surface area contributed by atoms with E-state index in [2.05, 4.69) is 22.6 Å². The van der Waals surface area contributed by atoms with Crippen LogP contribution in [0.15, 0.2) is 24.3 Å². The highest BCUT2D eigenvalue weighted by atomic mass is 32.2. The van der Waals surface area contributed by atoms with Crippen LogP contribution in [0.25, 0.3) is 0 Å². The van der Waals surface area contributed by atoms with E-state index < -0.39 is 180 Å². The van der Waals surface area contributed by atoms with Crippen LogP contribution < -0.4 is 0 Å². The fraction of sp³-hybridized carbons (Fsp3) is 0.812. The number of halogens is 28. The van der Waals surface area contributed by atoms with Crippen LogP contribution in [0.5, 0.6) is 0 Å². The molecule has 0 amide bonds. The van der Waals surface area contributed by atoms with Crippen LogP contribution in [0.3, 0.4) is 0 Å². The molecular weight excluding hydrogens is 1040 g/mol. The van der Waals surface area contributed by atoms with Crippen molar-refractivity contribution >= 4 is 35.5 Å². The summed E-state index contributed by atoms with van der Waals surface area (Å²) < 4.78 is 403. The van der Waals surface area contributed by atoms with Crippen LogP contribution in [0.2, 0.25) is 0 Å². The smallest absolute Gasteiger partial charge is 0.431 e. The Bertz CT molecular complexity index is 1600. The van der Waals surface area contributed by atoms with Gasteiger partial charge in [0.2, 0.25) is 0 Å². The molecule has 0 rings (SSSR count). The Labute approximate surface area is 360 Å². The third-order valence-corrected chi connectivity index (χ3v) is 11.4. The molecule has 0 saturated heterocycles. The molecule has 0 aromatic heterocycles. The van der Waals surface area contributed by atoms with Gasteiger partial charge in [-0.15, -0.1) is 0 Å². The maximum Gasteiger partial charge on any atom is 0.431 e. The zero-order chi connectivity index (χ0) is 53.1. The Morgan fingerprint density at radius 2 is 0.848 bits per heavy atom. The molecule has 0 aliphatic rings. The standard InChI is InChI=1S/C32H30F28O4S2/c1-13(2)19(61)63-7-5-15(9-22(34,27(43,44)45)28(46,47)48)18(24(36,31(55,56)57)32(58,59)60)17(23(35,29(49,50)51)30(52,53)54)12-66-11-16(64-20(62)14(3)4)10-65-8-6-21(33,25(37,38)39)26(40,41)42/h15-18H,1,3,5-12H2,2,4H3. The van der Waals surface area contributed by atoms with Gasteiger partial charge < -0.3 is 9.47 Å². The summed E-state index contributed by atoms with van der Waals surface area (Å²) in [5.41, 5.74) is -31.0. The number of esters is 2. The highest BCUT2D eigenvalue weighted by Crippen LogP contribution is 2.64. The van der Waals surface area contributed by atoms with Crippen molar-refractivity contribution in [2.75, 3.05) is 29.6 Å². The molecule has 4 unspecified atom stereocenters. The van der Waals surface area contributed by atoms with Gasteiger partial charge in [0.25, 0.3) is 11.3 Å². The van der Waals surface area contributed by atoms with Crippen molar-refractivity contribution in [3.63, 3.8) is 0 Å². The molecule has 4 atom stereocenters. The normalized spacial score (nSPS) is 16.6. The van der Waals surface area contributed by atoms with Gasteiger partial charge >= 0.3 is 72.7 Å². The molecule has 0 aliphatic heterocycles. The van der Waals surface area contributed by atoms with Crippen molar-refractivity contribution in [2.45, 2.75) is 111 Å². The lowest BCUT2D eigenvalue weighted by molar-refractivity contribution is -0.400. The number of alkyl halides is 28. The SMILES string of the molecule is C=C(C)C(=O)OCCC(CC(F)(C(F)(F)F)C(F)(F)F)C(C(CSCC(CSCCC(F)(C(F)(F)F)C(F)(F)F)OC(=O)C(=C)C)C(F)(C(F)(F)F)C(F)(F)F)C(F)(C(F)(F)F)C(F)(F)F. The van der Waals surface area contributed by atoms with Crippen molar-refractivity contribution < 1.29 is 142 Å². The Balaban J connectivity index is 8.40. The predicted molar refractivity (Wildman–Crippen MR) is 173 cm³/mol. The van der Waals surface area contributed by atoms with Gasteiger partial charge in [0.05, 0.1) is 6.61 Å². The topological polar surface area (TPSA) is 52.6 Å². The van der Waals surface area contributed by atoms with Gasteiger partial charge in [-0.3, -0.25) is 0 Å². The molecule has 66 heavy (non-hydrogen) atoms. The minimum absolute atomic E-state index is 0.361. The predicted octanol–water partition coefficient (Wildman–Crippen LogP) is 13.4.